The Bertz CT molecular complexity index is 866. The number of amides is 1. The summed E-state index contributed by atoms with van der Waals surface area (Å²) in [6.45, 7) is 0. The van der Waals surface area contributed by atoms with Crippen molar-refractivity contribution in [3.8, 4) is 5.75 Å². The minimum atomic E-state index is -0.512. The first-order valence-electron chi connectivity index (χ1n) is 6.28. The number of hydrogen-bond donors (Lipinski definition) is 1. The lowest BCUT2D eigenvalue weighted by atomic mass is 10.2. The second-order valence-corrected chi connectivity index (χ2v) is 5.90. The van der Waals surface area contributed by atoms with E-state index in [1.54, 1.807) is 18.2 Å². The Hall–Kier alpha value is -2.18. The number of fused-ring (bicyclic) bond motifs is 1. The van der Waals surface area contributed by atoms with Crippen LogP contribution < -0.4 is 10.1 Å². The Morgan fingerprint density at radius 1 is 1.32 bits per heavy atom. The van der Waals surface area contributed by atoms with Crippen molar-refractivity contribution in [2.75, 3.05) is 12.4 Å². The zero-order chi connectivity index (χ0) is 15.7. The first-order chi connectivity index (χ1) is 10.6. The van der Waals surface area contributed by atoms with E-state index in [4.69, 9.17) is 16.3 Å². The number of rotatable bonds is 3. The van der Waals surface area contributed by atoms with Gasteiger partial charge in [0, 0.05) is 5.02 Å². The Morgan fingerprint density at radius 3 is 2.91 bits per heavy atom. The summed E-state index contributed by atoms with van der Waals surface area (Å²) in [5.41, 5.74) is 0.843. The van der Waals surface area contributed by atoms with E-state index in [1.807, 2.05) is 0 Å². The Balaban J connectivity index is 1.91. The van der Waals surface area contributed by atoms with Gasteiger partial charge in [-0.3, -0.25) is 10.1 Å². The lowest BCUT2D eigenvalue weighted by Gasteiger charge is -2.07. The fourth-order valence-corrected chi connectivity index (χ4v) is 3.11. The molecule has 4 nitrogen and oxygen atoms in total. The summed E-state index contributed by atoms with van der Waals surface area (Å²) in [6, 6.07) is 9.03. The van der Waals surface area contributed by atoms with Crippen LogP contribution in [0.1, 0.15) is 10.4 Å². The van der Waals surface area contributed by atoms with Gasteiger partial charge in [-0.05, 0) is 36.4 Å². The smallest absolute Gasteiger partial charge is 0.261 e. The number of nitrogens with zero attached hydrogens (tertiary/aromatic N) is 1. The number of carbonyl (C=O) groups excluding carboxylic acids is 1. The first-order valence-corrected chi connectivity index (χ1v) is 7.47. The molecule has 0 atom stereocenters. The third kappa shape index (κ3) is 2.88. The standard InChI is InChI=1S/C15H10ClFN2O2S/c1-21-12-5-3-9(17)7-10(12)14(20)19-15-18-11-4-2-8(16)6-13(11)22-15/h2-7H,1H3,(H,18,19,20). The molecule has 0 saturated carbocycles. The summed E-state index contributed by atoms with van der Waals surface area (Å²) in [7, 11) is 1.42. The third-order valence-corrected chi connectivity index (χ3v) is 4.15. The van der Waals surface area contributed by atoms with E-state index >= 15 is 0 Å². The lowest BCUT2D eigenvalue weighted by Crippen LogP contribution is -2.13. The molecule has 0 spiro atoms. The molecule has 0 bridgehead atoms. The molecule has 0 radical (unpaired) electrons. The van der Waals surface area contributed by atoms with Crippen LogP contribution in [0, 0.1) is 5.82 Å². The van der Waals surface area contributed by atoms with Crippen molar-refractivity contribution in [1.29, 1.82) is 0 Å². The number of ether oxygens (including phenoxy) is 1. The molecule has 1 aromatic heterocycles. The highest BCUT2D eigenvalue weighted by Gasteiger charge is 2.15. The number of aromatic nitrogens is 1. The van der Waals surface area contributed by atoms with Crippen molar-refractivity contribution in [2.24, 2.45) is 0 Å². The maximum Gasteiger partial charge on any atom is 0.261 e. The quantitative estimate of drug-likeness (QED) is 0.773. The second kappa shape index (κ2) is 5.90. The summed E-state index contributed by atoms with van der Waals surface area (Å²) in [4.78, 5) is 16.6. The molecule has 0 fully saturated rings. The van der Waals surface area contributed by atoms with Crippen LogP contribution >= 0.6 is 22.9 Å². The molecule has 1 amide bonds. The van der Waals surface area contributed by atoms with Gasteiger partial charge in [0.05, 0.1) is 22.9 Å². The average molecular weight is 337 g/mol. The number of benzene rings is 2. The van der Waals surface area contributed by atoms with Gasteiger partial charge < -0.3 is 4.74 Å². The zero-order valence-electron chi connectivity index (χ0n) is 11.4. The van der Waals surface area contributed by atoms with E-state index in [0.717, 1.165) is 16.3 Å². The Kier molecular flexibility index (Phi) is 3.96. The number of methoxy groups -OCH3 is 1. The largest absolute Gasteiger partial charge is 0.496 e. The van der Waals surface area contributed by atoms with Gasteiger partial charge in [0.15, 0.2) is 5.13 Å². The monoisotopic (exact) mass is 336 g/mol. The lowest BCUT2D eigenvalue weighted by molar-refractivity contribution is 0.102. The van der Waals surface area contributed by atoms with E-state index in [2.05, 4.69) is 10.3 Å². The second-order valence-electron chi connectivity index (χ2n) is 4.43. The topological polar surface area (TPSA) is 51.2 Å². The Labute approximate surface area is 134 Å². The molecule has 0 saturated heterocycles. The van der Waals surface area contributed by atoms with Crippen molar-refractivity contribution < 1.29 is 13.9 Å². The number of thiazole rings is 1. The van der Waals surface area contributed by atoms with Gasteiger partial charge in [-0.2, -0.15) is 0 Å². The maximum atomic E-state index is 13.3. The molecule has 1 N–H and O–H groups in total. The van der Waals surface area contributed by atoms with Crippen LogP contribution in [0.2, 0.25) is 5.02 Å². The van der Waals surface area contributed by atoms with E-state index in [9.17, 15) is 9.18 Å². The van der Waals surface area contributed by atoms with Crippen LogP contribution in [0.15, 0.2) is 36.4 Å². The average Bonchev–Trinajstić information content (AvgIpc) is 2.88. The summed E-state index contributed by atoms with van der Waals surface area (Å²) >= 11 is 7.21. The fraction of sp³-hybridized carbons (Fsp3) is 0.0667. The molecular weight excluding hydrogens is 327 g/mol. The van der Waals surface area contributed by atoms with Crippen molar-refractivity contribution in [3.05, 3.63) is 52.8 Å². The maximum absolute atomic E-state index is 13.3. The minimum absolute atomic E-state index is 0.111. The van der Waals surface area contributed by atoms with Crippen LogP contribution in [0.4, 0.5) is 9.52 Å². The van der Waals surface area contributed by atoms with Crippen LogP contribution in [-0.2, 0) is 0 Å². The summed E-state index contributed by atoms with van der Waals surface area (Å²) in [5.74, 6) is -0.702. The van der Waals surface area contributed by atoms with Crippen LogP contribution in [0.3, 0.4) is 0 Å². The van der Waals surface area contributed by atoms with Gasteiger partial charge >= 0.3 is 0 Å². The SMILES string of the molecule is COc1ccc(F)cc1C(=O)Nc1nc2ccc(Cl)cc2s1. The highest BCUT2D eigenvalue weighted by Crippen LogP contribution is 2.29. The molecule has 0 aliphatic rings. The van der Waals surface area contributed by atoms with Crippen LogP contribution in [0.25, 0.3) is 10.2 Å². The molecule has 0 aliphatic heterocycles. The summed E-state index contributed by atoms with van der Waals surface area (Å²) in [6.07, 6.45) is 0. The molecule has 0 aliphatic carbocycles. The van der Waals surface area contributed by atoms with Crippen LogP contribution in [0.5, 0.6) is 5.75 Å². The van der Waals surface area contributed by atoms with Gasteiger partial charge in [-0.1, -0.05) is 22.9 Å². The third-order valence-electron chi connectivity index (χ3n) is 2.98. The number of hydrogen-bond acceptors (Lipinski definition) is 4. The van der Waals surface area contributed by atoms with Gasteiger partial charge in [0.2, 0.25) is 0 Å². The van der Waals surface area contributed by atoms with Crippen molar-refractivity contribution in [1.82, 2.24) is 4.98 Å². The molecule has 0 unspecified atom stereocenters. The number of nitrogens with one attached hydrogen (secondary N) is 1. The van der Waals surface area contributed by atoms with E-state index in [1.165, 1.54) is 30.6 Å². The molecule has 2 aromatic carbocycles. The zero-order valence-corrected chi connectivity index (χ0v) is 13.0. The van der Waals surface area contributed by atoms with Crippen molar-refractivity contribution in [3.63, 3.8) is 0 Å². The fourth-order valence-electron chi connectivity index (χ4n) is 1.97. The van der Waals surface area contributed by atoms with Crippen LogP contribution in [-0.4, -0.2) is 18.0 Å². The summed E-state index contributed by atoms with van der Waals surface area (Å²) in [5, 5.41) is 3.66. The highest BCUT2D eigenvalue weighted by molar-refractivity contribution is 7.22. The van der Waals surface area contributed by atoms with Gasteiger partial charge in [0.25, 0.3) is 5.91 Å². The Morgan fingerprint density at radius 2 is 2.14 bits per heavy atom. The molecule has 22 heavy (non-hydrogen) atoms. The number of anilines is 1. The molecule has 1 heterocycles. The van der Waals surface area contributed by atoms with E-state index < -0.39 is 11.7 Å². The number of halogens is 2. The van der Waals surface area contributed by atoms with Crippen molar-refractivity contribution >= 4 is 44.2 Å². The van der Waals surface area contributed by atoms with Gasteiger partial charge in [-0.15, -0.1) is 0 Å². The van der Waals surface area contributed by atoms with E-state index in [-0.39, 0.29) is 5.56 Å². The normalized spacial score (nSPS) is 10.7. The first kappa shape index (κ1) is 14.7. The predicted molar refractivity (Wildman–Crippen MR) is 85.5 cm³/mol. The van der Waals surface area contributed by atoms with Crippen molar-refractivity contribution in [2.45, 2.75) is 0 Å². The number of carbonyl (C=O) groups is 1. The molecule has 112 valence electrons. The molecular formula is C15H10ClFN2O2S. The molecule has 3 aromatic rings. The minimum Gasteiger partial charge on any atom is -0.496 e. The molecule has 7 heteroatoms. The van der Waals surface area contributed by atoms with Gasteiger partial charge in [0.1, 0.15) is 11.6 Å². The molecule has 3 rings (SSSR count). The highest BCUT2D eigenvalue weighted by atomic mass is 35.5. The summed E-state index contributed by atoms with van der Waals surface area (Å²) < 4.78 is 19.3. The predicted octanol–water partition coefficient (Wildman–Crippen LogP) is 4.35. The van der Waals surface area contributed by atoms with Gasteiger partial charge in [-0.25, -0.2) is 9.37 Å². The van der Waals surface area contributed by atoms with E-state index in [0.29, 0.717) is 15.9 Å².